The molecule has 42 heavy (non-hydrogen) atoms. The molecule has 0 unspecified atom stereocenters. The number of hydrogen-bond donors (Lipinski definition) is 2. The van der Waals surface area contributed by atoms with Crippen LogP contribution in [-0.2, 0) is 6.18 Å². The Kier molecular flexibility index (Phi) is 7.14. The number of carbonyl (C=O) groups excluding carboxylic acids is 1. The lowest BCUT2D eigenvalue weighted by Crippen LogP contribution is -2.48. The van der Waals surface area contributed by atoms with Gasteiger partial charge in [0.05, 0.1) is 29.3 Å². The minimum absolute atomic E-state index is 0.0716. The first-order valence-electron chi connectivity index (χ1n) is 12.5. The van der Waals surface area contributed by atoms with Crippen LogP contribution < -0.4 is 20.5 Å². The predicted octanol–water partition coefficient (Wildman–Crippen LogP) is 6.29. The van der Waals surface area contributed by atoms with E-state index in [2.05, 4.69) is 25.4 Å². The molecular formula is C28H23F4N7O3. The van der Waals surface area contributed by atoms with Crippen molar-refractivity contribution in [1.82, 2.24) is 24.7 Å². The second-order valence-electron chi connectivity index (χ2n) is 10.1. The summed E-state index contributed by atoms with van der Waals surface area (Å²) in [5.41, 5.74) is -1.82. The number of rotatable bonds is 5. The summed E-state index contributed by atoms with van der Waals surface area (Å²) >= 11 is 0. The summed E-state index contributed by atoms with van der Waals surface area (Å²) in [6, 6.07) is 10.5. The quantitative estimate of drug-likeness (QED) is 0.236. The average Bonchev–Trinajstić information content (AvgIpc) is 3.37. The molecule has 0 radical (unpaired) electrons. The molecule has 0 aliphatic heterocycles. The monoisotopic (exact) mass is 581 g/mol. The van der Waals surface area contributed by atoms with E-state index in [-0.39, 0.29) is 39.9 Å². The fraction of sp³-hybridized carbons (Fsp3) is 0.179. The Morgan fingerprint density at radius 1 is 1.02 bits per heavy atom. The maximum Gasteiger partial charge on any atom is 0.416 e. The highest BCUT2D eigenvalue weighted by Crippen LogP contribution is 2.34. The summed E-state index contributed by atoms with van der Waals surface area (Å²) in [5, 5.41) is 6.67. The van der Waals surface area contributed by atoms with E-state index < -0.39 is 34.7 Å². The van der Waals surface area contributed by atoms with Crippen LogP contribution in [0.15, 0.2) is 78.0 Å². The molecule has 3 aromatic heterocycles. The van der Waals surface area contributed by atoms with E-state index in [1.807, 2.05) is 0 Å². The number of carbonyl (C=O) groups is 1. The number of anilines is 2. The molecule has 0 aliphatic rings. The van der Waals surface area contributed by atoms with E-state index in [9.17, 15) is 22.8 Å². The molecule has 0 bridgehead atoms. The third-order valence-corrected chi connectivity index (χ3v) is 6.00. The smallest absolute Gasteiger partial charge is 0.416 e. The number of fused-ring (bicyclic) bond motifs is 1. The summed E-state index contributed by atoms with van der Waals surface area (Å²) in [5.74, 6) is -0.405. The van der Waals surface area contributed by atoms with Crippen LogP contribution in [0.3, 0.4) is 0 Å². The summed E-state index contributed by atoms with van der Waals surface area (Å²) < 4.78 is 62.2. The normalized spacial score (nSPS) is 11.9. The second kappa shape index (κ2) is 10.6. The lowest BCUT2D eigenvalue weighted by atomic mass is 10.0. The highest BCUT2D eigenvalue weighted by Gasteiger charge is 2.32. The molecule has 0 saturated heterocycles. The zero-order chi connectivity index (χ0) is 30.2. The number of nitrogens with zero attached hydrogens (tertiary/aromatic N) is 5. The van der Waals surface area contributed by atoms with Gasteiger partial charge in [0.25, 0.3) is 5.56 Å². The Bertz CT molecular complexity index is 1840. The number of aromatic amines is 1. The Balaban J connectivity index is 1.43. The lowest BCUT2D eigenvalue weighted by Gasteiger charge is -2.35. The van der Waals surface area contributed by atoms with Crippen molar-refractivity contribution < 1.29 is 27.1 Å². The Labute approximate surface area is 235 Å². The van der Waals surface area contributed by atoms with Gasteiger partial charge in [0.15, 0.2) is 17.2 Å². The largest absolute Gasteiger partial charge is 0.455 e. The van der Waals surface area contributed by atoms with Crippen molar-refractivity contribution in [3.05, 3.63) is 94.9 Å². The van der Waals surface area contributed by atoms with Crippen LogP contribution in [0.2, 0.25) is 0 Å². The van der Waals surface area contributed by atoms with Gasteiger partial charge in [-0.05, 0) is 51.1 Å². The van der Waals surface area contributed by atoms with Gasteiger partial charge in [0.1, 0.15) is 17.1 Å². The number of hydrogen-bond acceptors (Lipinski definition) is 6. The number of halogens is 4. The minimum atomic E-state index is -4.57. The minimum Gasteiger partial charge on any atom is -0.455 e. The van der Waals surface area contributed by atoms with Gasteiger partial charge >= 0.3 is 12.2 Å². The van der Waals surface area contributed by atoms with Gasteiger partial charge in [-0.3, -0.25) is 15.0 Å². The van der Waals surface area contributed by atoms with Crippen LogP contribution >= 0.6 is 0 Å². The molecule has 0 aliphatic carbocycles. The molecule has 3 heterocycles. The molecule has 10 nitrogen and oxygen atoms in total. The Morgan fingerprint density at radius 3 is 2.52 bits per heavy atom. The molecule has 0 atom stereocenters. The maximum absolute atomic E-state index is 15.5. The van der Waals surface area contributed by atoms with Crippen LogP contribution in [0, 0.1) is 5.82 Å². The van der Waals surface area contributed by atoms with Crippen molar-refractivity contribution in [3.63, 3.8) is 0 Å². The van der Waals surface area contributed by atoms with E-state index in [1.165, 1.54) is 53.7 Å². The number of H-pyrrole nitrogens is 1. The van der Waals surface area contributed by atoms with E-state index in [0.717, 1.165) is 29.1 Å². The van der Waals surface area contributed by atoms with E-state index in [4.69, 9.17) is 4.74 Å². The number of nitrogens with one attached hydrogen (secondary N) is 2. The molecular weight excluding hydrogens is 558 g/mol. The van der Waals surface area contributed by atoms with Gasteiger partial charge < -0.3 is 9.72 Å². The van der Waals surface area contributed by atoms with Crippen LogP contribution in [0.1, 0.15) is 26.3 Å². The summed E-state index contributed by atoms with van der Waals surface area (Å²) in [4.78, 5) is 36.8. The first-order valence-corrected chi connectivity index (χ1v) is 12.5. The zero-order valence-electron chi connectivity index (χ0n) is 22.4. The van der Waals surface area contributed by atoms with E-state index in [1.54, 1.807) is 20.8 Å². The molecule has 2 N–H and O–H groups in total. The van der Waals surface area contributed by atoms with E-state index in [0.29, 0.717) is 0 Å². The van der Waals surface area contributed by atoms with Crippen LogP contribution in [-0.4, -0.2) is 36.3 Å². The van der Waals surface area contributed by atoms with Gasteiger partial charge in [-0.15, -0.1) is 0 Å². The molecule has 2 amide bonds. The molecule has 5 aromatic rings. The summed E-state index contributed by atoms with van der Waals surface area (Å²) in [6.45, 7) is 5.07. The molecule has 0 fully saturated rings. The number of pyridine rings is 1. The molecule has 5 rings (SSSR count). The standard InChI is InChI=1S/C28H23F4N7O3/c1-27(2,3)38(26(41)36-22-10-12-35-39(22)17-6-4-5-16(13-17)28(30,31)32)20-8-7-18(14-19(20)29)42-21-9-11-33-25-24(21)34-15-23(40)37-25/h4-15H,1-3H3,(H,36,41)(H,33,37,40). The lowest BCUT2D eigenvalue weighted by molar-refractivity contribution is -0.137. The molecule has 216 valence electrons. The van der Waals surface area contributed by atoms with Gasteiger partial charge in [-0.25, -0.2) is 23.8 Å². The molecule has 2 aromatic carbocycles. The third kappa shape index (κ3) is 5.77. The van der Waals surface area contributed by atoms with Gasteiger partial charge in [0, 0.05) is 29.9 Å². The predicted molar refractivity (Wildman–Crippen MR) is 146 cm³/mol. The van der Waals surface area contributed by atoms with Crippen molar-refractivity contribution in [1.29, 1.82) is 0 Å². The number of benzene rings is 2. The second-order valence-corrected chi connectivity index (χ2v) is 10.1. The fourth-order valence-corrected chi connectivity index (χ4v) is 4.23. The first kappa shape index (κ1) is 28.3. The number of ether oxygens (including phenoxy) is 1. The van der Waals surface area contributed by atoms with Crippen molar-refractivity contribution in [3.8, 4) is 17.2 Å². The average molecular weight is 582 g/mol. The number of alkyl halides is 3. The number of amides is 2. The SMILES string of the molecule is CC(C)(C)N(C(=O)Nc1ccnn1-c1cccc(C(F)(F)F)c1)c1ccc(Oc2ccnc3[nH]c(=O)cnc23)cc1F. The highest BCUT2D eigenvalue weighted by atomic mass is 19.4. The maximum atomic E-state index is 15.5. The van der Waals surface area contributed by atoms with Crippen molar-refractivity contribution in [2.24, 2.45) is 0 Å². The highest BCUT2D eigenvalue weighted by molar-refractivity contribution is 6.02. The first-order chi connectivity index (χ1) is 19.8. The van der Waals surface area contributed by atoms with Crippen LogP contribution in [0.4, 0.5) is 33.9 Å². The van der Waals surface area contributed by atoms with E-state index >= 15 is 4.39 Å². The van der Waals surface area contributed by atoms with Crippen molar-refractivity contribution in [2.45, 2.75) is 32.5 Å². The van der Waals surface area contributed by atoms with Gasteiger partial charge in [-0.2, -0.15) is 18.3 Å². The Morgan fingerprint density at radius 2 is 1.81 bits per heavy atom. The molecule has 0 saturated carbocycles. The fourth-order valence-electron chi connectivity index (χ4n) is 4.23. The van der Waals surface area contributed by atoms with Crippen LogP contribution in [0.25, 0.3) is 16.9 Å². The topological polar surface area (TPSA) is 118 Å². The molecule has 14 heteroatoms. The zero-order valence-corrected chi connectivity index (χ0v) is 22.4. The third-order valence-electron chi connectivity index (χ3n) is 6.00. The van der Waals surface area contributed by atoms with Crippen LogP contribution in [0.5, 0.6) is 11.5 Å². The number of aromatic nitrogens is 5. The molecule has 0 spiro atoms. The summed E-state index contributed by atoms with van der Waals surface area (Å²) in [7, 11) is 0. The summed E-state index contributed by atoms with van der Waals surface area (Å²) in [6.07, 6.45) is -0.782. The van der Waals surface area contributed by atoms with Gasteiger partial charge in [-0.1, -0.05) is 6.07 Å². The number of urea groups is 1. The Hall–Kier alpha value is -5.27. The van der Waals surface area contributed by atoms with Crippen molar-refractivity contribution >= 4 is 28.7 Å². The van der Waals surface area contributed by atoms with Gasteiger partial charge in [0.2, 0.25) is 0 Å². The van der Waals surface area contributed by atoms with Crippen molar-refractivity contribution in [2.75, 3.05) is 10.2 Å².